The second-order valence-electron chi connectivity index (χ2n) is 8.19. The van der Waals surface area contributed by atoms with Gasteiger partial charge in [0.1, 0.15) is 18.5 Å². The molecule has 2 aromatic heterocycles. The summed E-state index contributed by atoms with van der Waals surface area (Å²) < 4.78 is 27.0. The van der Waals surface area contributed by atoms with Crippen molar-refractivity contribution in [2.24, 2.45) is 7.05 Å². The van der Waals surface area contributed by atoms with E-state index in [1.54, 1.807) is 20.0 Å². The summed E-state index contributed by atoms with van der Waals surface area (Å²) >= 11 is 0. The number of carbonyl (C=O) groups is 1. The third-order valence-corrected chi connectivity index (χ3v) is 5.70. The Kier molecular flexibility index (Phi) is 6.97. The minimum atomic E-state index is -0.533. The Morgan fingerprint density at radius 3 is 2.94 bits per heavy atom. The van der Waals surface area contributed by atoms with Gasteiger partial charge in [-0.1, -0.05) is 19.2 Å². The summed E-state index contributed by atoms with van der Waals surface area (Å²) in [7, 11) is 1.59. The highest BCUT2D eigenvalue weighted by Crippen LogP contribution is 2.29. The van der Waals surface area contributed by atoms with Gasteiger partial charge in [0.2, 0.25) is 0 Å². The van der Waals surface area contributed by atoms with Gasteiger partial charge in [-0.15, -0.1) is 0 Å². The van der Waals surface area contributed by atoms with Crippen molar-refractivity contribution < 1.29 is 18.7 Å². The lowest BCUT2D eigenvalue weighted by atomic mass is 10.1. The third-order valence-electron chi connectivity index (χ3n) is 5.70. The summed E-state index contributed by atoms with van der Waals surface area (Å²) in [5, 5.41) is 7.22. The number of ether oxygens (including phenoxy) is 2. The number of allylic oxidation sites excluding steroid dienone is 2. The van der Waals surface area contributed by atoms with Crippen molar-refractivity contribution in [1.29, 1.82) is 0 Å². The first-order valence-corrected chi connectivity index (χ1v) is 11.1. The molecule has 0 bridgehead atoms. The zero-order chi connectivity index (χ0) is 25.1. The van der Waals surface area contributed by atoms with Gasteiger partial charge >= 0.3 is 6.09 Å². The van der Waals surface area contributed by atoms with Crippen LogP contribution in [0.4, 0.5) is 20.8 Å². The predicted octanol–water partition coefficient (Wildman–Crippen LogP) is 0.933. The first-order chi connectivity index (χ1) is 16.8. The first-order valence-electron chi connectivity index (χ1n) is 11.1. The van der Waals surface area contributed by atoms with Crippen LogP contribution in [0.2, 0.25) is 0 Å². The van der Waals surface area contributed by atoms with E-state index in [-0.39, 0.29) is 12.1 Å². The number of nitrogens with zero attached hydrogens (tertiary/aromatic N) is 4. The fourth-order valence-corrected chi connectivity index (χ4v) is 3.95. The SMILES string of the molecule is C=C1COc2ncc(N3C[C@H](CNCCC(/C(F)=C\C)=c4/c(=C)ccc(=O)n4C)OC3=O)nc2N1. The standard InChI is InChI=1S/C24H27FN6O4/c1-5-18(25)17(21-14(2)6-7-20(32)30(21)4)8-9-26-10-16-12-31(24(33)35-16)19-11-27-23-22(29-19)28-15(3)13-34-23/h5-7,11,16,26H,2-3,8-10,12-13H2,1,4H3,(H,28,29)/b18-5+,21-17+/t16-/m0/s1. The van der Waals surface area contributed by atoms with E-state index < -0.39 is 18.0 Å². The Bertz CT molecular complexity index is 1370. The van der Waals surface area contributed by atoms with E-state index in [2.05, 4.69) is 33.8 Å². The van der Waals surface area contributed by atoms with E-state index in [0.717, 1.165) is 0 Å². The second kappa shape index (κ2) is 10.1. The highest BCUT2D eigenvalue weighted by molar-refractivity contribution is 5.88. The van der Waals surface area contributed by atoms with E-state index >= 15 is 0 Å². The highest BCUT2D eigenvalue weighted by atomic mass is 19.1. The fraction of sp³-hybridized carbons (Fsp3) is 0.333. The number of nitrogens with one attached hydrogen (secondary N) is 2. The summed E-state index contributed by atoms with van der Waals surface area (Å²) in [6, 6.07) is 2.99. The molecule has 0 radical (unpaired) electrons. The molecule has 2 aromatic rings. The molecule has 1 fully saturated rings. The second-order valence-corrected chi connectivity index (χ2v) is 8.19. The molecule has 10 nitrogen and oxygen atoms in total. The summed E-state index contributed by atoms with van der Waals surface area (Å²) in [6.07, 6.45) is 2.16. The normalized spacial score (nSPS) is 18.5. The largest absolute Gasteiger partial charge is 0.469 e. The van der Waals surface area contributed by atoms with Gasteiger partial charge in [0, 0.05) is 30.9 Å². The molecule has 0 aliphatic carbocycles. The van der Waals surface area contributed by atoms with Gasteiger partial charge < -0.3 is 24.7 Å². The number of rotatable bonds is 7. The average molecular weight is 483 g/mol. The molecule has 11 heteroatoms. The topological polar surface area (TPSA) is 111 Å². The molecule has 2 aliphatic rings. The summed E-state index contributed by atoms with van der Waals surface area (Å²) in [5.74, 6) is 0.652. The zero-order valence-electron chi connectivity index (χ0n) is 19.6. The maximum absolute atomic E-state index is 14.7. The van der Waals surface area contributed by atoms with Crippen molar-refractivity contribution in [3.63, 3.8) is 0 Å². The van der Waals surface area contributed by atoms with Gasteiger partial charge in [-0.2, -0.15) is 0 Å². The Morgan fingerprint density at radius 1 is 1.37 bits per heavy atom. The summed E-state index contributed by atoms with van der Waals surface area (Å²) in [5.41, 5.74) is 0.786. The number of cyclic esters (lactones) is 1. The monoisotopic (exact) mass is 482 g/mol. The van der Waals surface area contributed by atoms with Gasteiger partial charge in [0.15, 0.2) is 11.6 Å². The number of amides is 1. The molecule has 2 N–H and O–H groups in total. The third kappa shape index (κ3) is 5.09. The lowest BCUT2D eigenvalue weighted by Crippen LogP contribution is -2.42. The molecule has 35 heavy (non-hydrogen) atoms. The van der Waals surface area contributed by atoms with Gasteiger partial charge in [-0.05, 0) is 31.2 Å². The molecular formula is C24H27FN6O4. The fourth-order valence-electron chi connectivity index (χ4n) is 3.95. The number of halogens is 1. The molecule has 1 atom stereocenters. The molecule has 0 aromatic carbocycles. The number of fused-ring (bicyclic) bond motifs is 1. The molecule has 4 rings (SSSR count). The van der Waals surface area contributed by atoms with Crippen molar-refractivity contribution in [2.45, 2.75) is 19.4 Å². The Hall–Kier alpha value is -3.99. The molecule has 184 valence electrons. The van der Waals surface area contributed by atoms with E-state index in [1.165, 1.54) is 27.8 Å². The van der Waals surface area contributed by atoms with Crippen LogP contribution >= 0.6 is 0 Å². The molecule has 1 saturated heterocycles. The van der Waals surface area contributed by atoms with Crippen LogP contribution in [-0.2, 0) is 11.8 Å². The van der Waals surface area contributed by atoms with E-state index in [1.807, 2.05) is 0 Å². The Balaban J connectivity index is 1.40. The van der Waals surface area contributed by atoms with Crippen molar-refractivity contribution in [1.82, 2.24) is 19.9 Å². The van der Waals surface area contributed by atoms with Crippen molar-refractivity contribution >= 4 is 29.9 Å². The van der Waals surface area contributed by atoms with Crippen LogP contribution in [0.25, 0.3) is 12.2 Å². The van der Waals surface area contributed by atoms with Crippen LogP contribution in [0.1, 0.15) is 13.3 Å². The lowest BCUT2D eigenvalue weighted by molar-refractivity contribution is 0.140. The number of aromatic nitrogens is 3. The van der Waals surface area contributed by atoms with Gasteiger partial charge in [0.25, 0.3) is 11.4 Å². The van der Waals surface area contributed by atoms with E-state index in [9.17, 15) is 14.0 Å². The zero-order valence-corrected chi connectivity index (χ0v) is 19.6. The Morgan fingerprint density at radius 2 is 2.17 bits per heavy atom. The van der Waals surface area contributed by atoms with Crippen LogP contribution in [0, 0.1) is 0 Å². The molecule has 1 amide bonds. The smallest absolute Gasteiger partial charge is 0.416 e. The van der Waals surface area contributed by atoms with Crippen LogP contribution in [0.15, 0.2) is 47.3 Å². The molecule has 0 unspecified atom stereocenters. The maximum atomic E-state index is 14.7. The van der Waals surface area contributed by atoms with Gasteiger partial charge in [0.05, 0.1) is 18.1 Å². The number of hydrogen-bond acceptors (Lipinski definition) is 8. The molecule has 2 aliphatic heterocycles. The minimum absolute atomic E-state index is 0.240. The minimum Gasteiger partial charge on any atom is -0.469 e. The van der Waals surface area contributed by atoms with Crippen LogP contribution in [-0.4, -0.2) is 53.0 Å². The van der Waals surface area contributed by atoms with E-state index in [0.29, 0.717) is 65.5 Å². The summed E-state index contributed by atoms with van der Waals surface area (Å²) in [6.45, 7) is 10.7. The quantitative estimate of drug-likeness (QED) is 0.561. The summed E-state index contributed by atoms with van der Waals surface area (Å²) in [4.78, 5) is 34.5. The lowest BCUT2D eigenvalue weighted by Gasteiger charge is -2.20. The number of pyridine rings is 1. The van der Waals surface area contributed by atoms with Crippen molar-refractivity contribution in [3.05, 3.63) is 63.4 Å². The molecule has 0 spiro atoms. The Labute approximate surface area is 201 Å². The van der Waals surface area contributed by atoms with Crippen LogP contribution < -0.4 is 36.4 Å². The van der Waals surface area contributed by atoms with Crippen LogP contribution in [0.3, 0.4) is 0 Å². The number of anilines is 2. The number of hydrogen-bond donors (Lipinski definition) is 2. The maximum Gasteiger partial charge on any atom is 0.416 e. The first kappa shape index (κ1) is 24.1. The van der Waals surface area contributed by atoms with Gasteiger partial charge in [-0.25, -0.2) is 19.2 Å². The van der Waals surface area contributed by atoms with Crippen molar-refractivity contribution in [3.8, 4) is 5.88 Å². The van der Waals surface area contributed by atoms with Crippen molar-refractivity contribution in [2.75, 3.05) is 36.5 Å². The molecular weight excluding hydrogens is 455 g/mol. The number of carbonyl (C=O) groups excluding carboxylic acids is 1. The molecule has 4 heterocycles. The van der Waals surface area contributed by atoms with Gasteiger partial charge in [-0.3, -0.25) is 9.69 Å². The van der Waals surface area contributed by atoms with Crippen LogP contribution in [0.5, 0.6) is 5.88 Å². The average Bonchev–Trinajstić information content (AvgIpc) is 3.22. The predicted molar refractivity (Wildman–Crippen MR) is 130 cm³/mol. The molecule has 0 saturated carbocycles. The highest BCUT2D eigenvalue weighted by Gasteiger charge is 2.34. The van der Waals surface area contributed by atoms with E-state index in [4.69, 9.17) is 9.47 Å².